The van der Waals surface area contributed by atoms with E-state index in [4.69, 9.17) is 11.6 Å². The molecule has 2 fully saturated rings. The van der Waals surface area contributed by atoms with E-state index < -0.39 is 5.41 Å². The predicted octanol–water partition coefficient (Wildman–Crippen LogP) is 1.02. The van der Waals surface area contributed by atoms with E-state index in [1.54, 1.807) is 4.90 Å². The summed E-state index contributed by atoms with van der Waals surface area (Å²) in [6.45, 7) is 2.54. The second-order valence-electron chi connectivity index (χ2n) is 7.34. The van der Waals surface area contributed by atoms with Gasteiger partial charge in [-0.15, -0.1) is 5.10 Å². The lowest BCUT2D eigenvalue weighted by Crippen LogP contribution is -2.66. The number of nitrogens with zero attached hydrogens (tertiary/aromatic N) is 6. The van der Waals surface area contributed by atoms with Crippen LogP contribution in [0.15, 0.2) is 30.6 Å². The fourth-order valence-electron chi connectivity index (χ4n) is 3.92. The number of amides is 2. The summed E-state index contributed by atoms with van der Waals surface area (Å²) < 4.78 is 1.39. The molecule has 0 bridgehead atoms. The minimum atomic E-state index is -0.561. The Balaban J connectivity index is 1.48. The van der Waals surface area contributed by atoms with E-state index in [-0.39, 0.29) is 18.4 Å². The van der Waals surface area contributed by atoms with Crippen molar-refractivity contribution in [3.63, 3.8) is 0 Å². The molecule has 0 aliphatic carbocycles. The van der Waals surface area contributed by atoms with Crippen molar-refractivity contribution in [3.05, 3.63) is 41.2 Å². The Labute approximate surface area is 162 Å². The maximum Gasteiger partial charge on any atom is 0.244 e. The maximum absolute atomic E-state index is 13.2. The van der Waals surface area contributed by atoms with Crippen molar-refractivity contribution in [1.82, 2.24) is 30.0 Å². The number of hydrogen-bond acceptors (Lipinski definition) is 5. The number of likely N-dealkylation sites (tertiary alicyclic amines) is 2. The molecule has 2 aromatic rings. The molecule has 2 aliphatic rings. The lowest BCUT2D eigenvalue weighted by molar-refractivity contribution is -0.160. The summed E-state index contributed by atoms with van der Waals surface area (Å²) >= 11 is 5.98. The van der Waals surface area contributed by atoms with Gasteiger partial charge < -0.3 is 9.80 Å². The molecule has 1 aromatic carbocycles. The summed E-state index contributed by atoms with van der Waals surface area (Å²) in [6.07, 6.45) is 4.11. The van der Waals surface area contributed by atoms with Gasteiger partial charge in [0.05, 0.1) is 5.41 Å². The quantitative estimate of drug-likeness (QED) is 0.763. The summed E-state index contributed by atoms with van der Waals surface area (Å²) in [5.74, 6) is 0.0738. The number of carbonyl (C=O) groups is 2. The topological polar surface area (TPSA) is 84.2 Å². The van der Waals surface area contributed by atoms with Crippen molar-refractivity contribution in [3.8, 4) is 0 Å². The van der Waals surface area contributed by atoms with Crippen molar-refractivity contribution in [1.29, 1.82) is 0 Å². The molecule has 3 heterocycles. The van der Waals surface area contributed by atoms with Crippen LogP contribution in [0.5, 0.6) is 0 Å². The number of benzene rings is 1. The van der Waals surface area contributed by atoms with Crippen molar-refractivity contribution < 1.29 is 9.59 Å². The van der Waals surface area contributed by atoms with E-state index in [0.29, 0.717) is 24.5 Å². The molecule has 27 heavy (non-hydrogen) atoms. The third kappa shape index (κ3) is 3.66. The molecule has 4 rings (SSSR count). The molecule has 0 unspecified atom stereocenters. The molecule has 0 atom stereocenters. The molecule has 8 nitrogen and oxygen atoms in total. The molecule has 9 heteroatoms. The highest BCUT2D eigenvalue weighted by Crippen LogP contribution is 2.37. The summed E-state index contributed by atoms with van der Waals surface area (Å²) in [5, 5.41) is 11.5. The second kappa shape index (κ2) is 7.26. The van der Waals surface area contributed by atoms with Crippen molar-refractivity contribution >= 4 is 23.4 Å². The average molecular weight is 389 g/mol. The number of halogens is 1. The average Bonchev–Trinajstić information content (AvgIpc) is 3.32. The Bertz CT molecular complexity index is 811. The van der Waals surface area contributed by atoms with Crippen LogP contribution in [0.2, 0.25) is 5.02 Å². The molecule has 0 N–H and O–H groups in total. The van der Waals surface area contributed by atoms with E-state index in [1.807, 2.05) is 29.2 Å². The molecule has 0 radical (unpaired) electrons. The molecule has 2 aliphatic heterocycles. The summed E-state index contributed by atoms with van der Waals surface area (Å²) in [6, 6.07) is 7.58. The molecule has 0 spiro atoms. The number of carbonyl (C=O) groups excluding carboxylic acids is 2. The van der Waals surface area contributed by atoms with Crippen LogP contribution in [-0.2, 0) is 22.6 Å². The van der Waals surface area contributed by atoms with E-state index in [1.165, 1.54) is 11.0 Å². The van der Waals surface area contributed by atoms with Crippen LogP contribution in [0.4, 0.5) is 0 Å². The smallest absolute Gasteiger partial charge is 0.244 e. The van der Waals surface area contributed by atoms with Crippen LogP contribution in [0, 0.1) is 5.41 Å². The Morgan fingerprint density at radius 2 is 1.78 bits per heavy atom. The van der Waals surface area contributed by atoms with Gasteiger partial charge in [0.2, 0.25) is 11.8 Å². The van der Waals surface area contributed by atoms with Gasteiger partial charge in [-0.2, -0.15) is 0 Å². The molecular weight excluding hydrogens is 368 g/mol. The Morgan fingerprint density at radius 3 is 2.41 bits per heavy atom. The zero-order valence-corrected chi connectivity index (χ0v) is 15.7. The minimum Gasteiger partial charge on any atom is -0.342 e. The number of tetrazole rings is 1. The van der Waals surface area contributed by atoms with Crippen LogP contribution >= 0.6 is 11.6 Å². The van der Waals surface area contributed by atoms with Crippen molar-refractivity contribution in [2.45, 2.75) is 25.8 Å². The zero-order valence-electron chi connectivity index (χ0n) is 14.9. The first-order valence-corrected chi connectivity index (χ1v) is 9.46. The standard InChI is InChI=1S/C18H21ClN6O2/c19-15-5-3-14(4-6-15)9-18(17(27)23-7-1-2-8-23)11-24(12-18)16(26)10-25-13-20-21-22-25/h3-6,13H,1-2,7-12H2. The highest BCUT2D eigenvalue weighted by molar-refractivity contribution is 6.30. The van der Waals surface area contributed by atoms with Gasteiger partial charge in [0, 0.05) is 31.2 Å². The van der Waals surface area contributed by atoms with Gasteiger partial charge in [0.15, 0.2) is 0 Å². The monoisotopic (exact) mass is 388 g/mol. The van der Waals surface area contributed by atoms with Crippen LogP contribution in [-0.4, -0.2) is 68.0 Å². The first kappa shape index (κ1) is 17.9. The first-order valence-electron chi connectivity index (χ1n) is 9.08. The van der Waals surface area contributed by atoms with E-state index in [9.17, 15) is 9.59 Å². The lowest BCUT2D eigenvalue weighted by atomic mass is 9.73. The van der Waals surface area contributed by atoms with Crippen LogP contribution in [0.3, 0.4) is 0 Å². The Morgan fingerprint density at radius 1 is 1.07 bits per heavy atom. The van der Waals surface area contributed by atoms with E-state index in [2.05, 4.69) is 15.5 Å². The van der Waals surface area contributed by atoms with E-state index >= 15 is 0 Å². The molecule has 142 valence electrons. The SMILES string of the molecule is O=C(Cn1cnnn1)N1CC(Cc2ccc(Cl)cc2)(C(=O)N2CCCC2)C1. The molecule has 2 saturated heterocycles. The number of aromatic nitrogens is 4. The number of rotatable bonds is 5. The minimum absolute atomic E-state index is 0.0803. The van der Waals surface area contributed by atoms with Crippen LogP contribution in [0.1, 0.15) is 18.4 Å². The summed E-state index contributed by atoms with van der Waals surface area (Å²) in [7, 11) is 0. The van der Waals surface area contributed by atoms with Gasteiger partial charge in [-0.3, -0.25) is 9.59 Å². The Kier molecular flexibility index (Phi) is 4.82. The van der Waals surface area contributed by atoms with Gasteiger partial charge in [-0.1, -0.05) is 23.7 Å². The van der Waals surface area contributed by atoms with Gasteiger partial charge >= 0.3 is 0 Å². The van der Waals surface area contributed by atoms with E-state index in [0.717, 1.165) is 31.5 Å². The summed E-state index contributed by atoms with van der Waals surface area (Å²) in [4.78, 5) is 29.4. The van der Waals surface area contributed by atoms with Crippen molar-refractivity contribution in [2.75, 3.05) is 26.2 Å². The lowest BCUT2D eigenvalue weighted by Gasteiger charge is -2.50. The second-order valence-corrected chi connectivity index (χ2v) is 7.78. The molecular formula is C18H21ClN6O2. The predicted molar refractivity (Wildman–Crippen MR) is 97.8 cm³/mol. The maximum atomic E-state index is 13.2. The fraction of sp³-hybridized carbons (Fsp3) is 0.500. The van der Waals surface area contributed by atoms with Gasteiger partial charge in [-0.25, -0.2) is 4.68 Å². The van der Waals surface area contributed by atoms with Crippen LogP contribution < -0.4 is 0 Å². The van der Waals surface area contributed by atoms with Gasteiger partial charge in [-0.05, 0) is 47.4 Å². The van der Waals surface area contributed by atoms with Crippen molar-refractivity contribution in [2.24, 2.45) is 5.41 Å². The molecule has 0 saturated carbocycles. The van der Waals surface area contributed by atoms with Gasteiger partial charge in [0.1, 0.15) is 12.9 Å². The van der Waals surface area contributed by atoms with Crippen LogP contribution in [0.25, 0.3) is 0 Å². The molecule has 2 amide bonds. The molecule has 1 aromatic heterocycles. The largest absolute Gasteiger partial charge is 0.342 e. The normalized spacial score (nSPS) is 18.4. The third-order valence-electron chi connectivity index (χ3n) is 5.33. The highest BCUT2D eigenvalue weighted by atomic mass is 35.5. The first-order chi connectivity index (χ1) is 13.1. The third-order valence-corrected chi connectivity index (χ3v) is 5.58. The van der Waals surface area contributed by atoms with Gasteiger partial charge in [0.25, 0.3) is 0 Å². The highest BCUT2D eigenvalue weighted by Gasteiger charge is 2.52. The number of hydrogen-bond donors (Lipinski definition) is 0. The zero-order chi connectivity index (χ0) is 18.9. The summed E-state index contributed by atoms with van der Waals surface area (Å²) in [5.41, 5.74) is 0.494. The Hall–Kier alpha value is -2.48. The fourth-order valence-corrected chi connectivity index (χ4v) is 4.05.